The topological polar surface area (TPSA) is 71.1 Å². The van der Waals surface area contributed by atoms with Gasteiger partial charge in [-0.2, -0.15) is 0 Å². The number of hydrogen-bond acceptors (Lipinski definition) is 4. The van der Waals surface area contributed by atoms with Gasteiger partial charge >= 0.3 is 0 Å². The number of carbonyl (C=O) groups is 2. The van der Waals surface area contributed by atoms with E-state index in [0.717, 1.165) is 15.0 Å². The number of aromatic nitrogens is 1. The maximum Gasteiger partial charge on any atom is 0.230 e. The highest BCUT2D eigenvalue weighted by Gasteiger charge is 2.12. The Morgan fingerprint density at radius 2 is 1.96 bits per heavy atom. The SMILES string of the molecule is CC(=O)Nc1ccc(Br)cc1NC(=O)Cc1csc(Cc2cccc(Cl)c2)n1. The number of carbonyl (C=O) groups excluding carboxylic acids is 2. The highest BCUT2D eigenvalue weighted by molar-refractivity contribution is 9.10. The van der Waals surface area contributed by atoms with Crippen LogP contribution in [0.1, 0.15) is 23.2 Å². The molecule has 0 radical (unpaired) electrons. The third-order valence-electron chi connectivity index (χ3n) is 3.75. The summed E-state index contributed by atoms with van der Waals surface area (Å²) in [7, 11) is 0. The third-order valence-corrected chi connectivity index (χ3v) is 5.38. The van der Waals surface area contributed by atoms with Crippen molar-refractivity contribution in [2.24, 2.45) is 0 Å². The molecule has 0 bridgehead atoms. The lowest BCUT2D eigenvalue weighted by Crippen LogP contribution is -2.17. The van der Waals surface area contributed by atoms with Crippen LogP contribution in [-0.2, 0) is 22.4 Å². The van der Waals surface area contributed by atoms with E-state index in [1.54, 1.807) is 18.2 Å². The molecule has 1 heterocycles. The van der Waals surface area contributed by atoms with Gasteiger partial charge in [-0.05, 0) is 35.9 Å². The second-order valence-electron chi connectivity index (χ2n) is 6.14. The minimum atomic E-state index is -0.206. The summed E-state index contributed by atoms with van der Waals surface area (Å²) in [6, 6.07) is 12.9. The van der Waals surface area contributed by atoms with E-state index in [1.165, 1.54) is 18.3 Å². The number of rotatable bonds is 6. The maximum atomic E-state index is 12.5. The summed E-state index contributed by atoms with van der Waals surface area (Å²) in [4.78, 5) is 28.3. The fraction of sp³-hybridized carbons (Fsp3) is 0.150. The Morgan fingerprint density at radius 1 is 1.14 bits per heavy atom. The molecule has 0 saturated carbocycles. The molecule has 144 valence electrons. The van der Waals surface area contributed by atoms with E-state index in [0.29, 0.717) is 28.5 Å². The molecule has 0 unspecified atom stereocenters. The number of hydrogen-bond donors (Lipinski definition) is 2. The summed E-state index contributed by atoms with van der Waals surface area (Å²) >= 11 is 10.9. The molecule has 28 heavy (non-hydrogen) atoms. The Morgan fingerprint density at radius 3 is 2.71 bits per heavy atom. The predicted molar refractivity (Wildman–Crippen MR) is 117 cm³/mol. The van der Waals surface area contributed by atoms with Crippen molar-refractivity contribution in [2.45, 2.75) is 19.8 Å². The molecule has 0 fully saturated rings. The molecule has 0 spiro atoms. The van der Waals surface area contributed by atoms with Crippen molar-refractivity contribution >= 4 is 62.1 Å². The van der Waals surface area contributed by atoms with Crippen molar-refractivity contribution in [3.63, 3.8) is 0 Å². The van der Waals surface area contributed by atoms with Crippen LogP contribution in [0.5, 0.6) is 0 Å². The van der Waals surface area contributed by atoms with Gasteiger partial charge in [0.1, 0.15) is 0 Å². The van der Waals surface area contributed by atoms with Crippen LogP contribution in [-0.4, -0.2) is 16.8 Å². The average Bonchev–Trinajstić information content (AvgIpc) is 3.03. The number of amides is 2. The first-order chi connectivity index (χ1) is 13.4. The molecule has 0 atom stereocenters. The molecule has 5 nitrogen and oxygen atoms in total. The molecule has 3 rings (SSSR count). The fourth-order valence-corrected chi connectivity index (χ4v) is 4.01. The Balaban J connectivity index is 1.65. The van der Waals surface area contributed by atoms with Gasteiger partial charge in [-0.15, -0.1) is 11.3 Å². The highest BCUT2D eigenvalue weighted by Crippen LogP contribution is 2.26. The van der Waals surface area contributed by atoms with E-state index in [9.17, 15) is 9.59 Å². The van der Waals surface area contributed by atoms with Crippen molar-refractivity contribution in [1.29, 1.82) is 0 Å². The van der Waals surface area contributed by atoms with E-state index in [2.05, 4.69) is 31.5 Å². The molecule has 0 aliphatic heterocycles. The van der Waals surface area contributed by atoms with Gasteiger partial charge in [0.05, 0.1) is 28.5 Å². The zero-order chi connectivity index (χ0) is 20.1. The van der Waals surface area contributed by atoms with Crippen molar-refractivity contribution in [3.8, 4) is 0 Å². The number of nitrogens with one attached hydrogen (secondary N) is 2. The molecule has 2 amide bonds. The zero-order valence-corrected chi connectivity index (χ0v) is 18.1. The molecule has 0 aliphatic rings. The lowest BCUT2D eigenvalue weighted by molar-refractivity contribution is -0.116. The summed E-state index contributed by atoms with van der Waals surface area (Å²) in [5, 5.41) is 9.04. The zero-order valence-electron chi connectivity index (χ0n) is 15.0. The lowest BCUT2D eigenvalue weighted by atomic mass is 10.2. The van der Waals surface area contributed by atoms with E-state index in [-0.39, 0.29) is 18.2 Å². The Kier molecular flexibility index (Phi) is 6.83. The molecule has 3 aromatic rings. The van der Waals surface area contributed by atoms with Crippen molar-refractivity contribution < 1.29 is 9.59 Å². The second kappa shape index (κ2) is 9.32. The first kappa shape index (κ1) is 20.5. The lowest BCUT2D eigenvalue weighted by Gasteiger charge is -2.11. The van der Waals surface area contributed by atoms with Gasteiger partial charge in [-0.1, -0.05) is 39.7 Å². The largest absolute Gasteiger partial charge is 0.325 e. The van der Waals surface area contributed by atoms with Gasteiger partial charge in [0.15, 0.2) is 0 Å². The van der Waals surface area contributed by atoms with Crippen LogP contribution in [0.3, 0.4) is 0 Å². The Bertz CT molecular complexity index is 1020. The number of halogens is 2. The first-order valence-electron chi connectivity index (χ1n) is 8.44. The predicted octanol–water partition coefficient (Wildman–Crippen LogP) is 5.29. The molecule has 2 aromatic carbocycles. The van der Waals surface area contributed by atoms with Crippen LogP contribution in [0.2, 0.25) is 5.02 Å². The van der Waals surface area contributed by atoms with E-state index >= 15 is 0 Å². The fourth-order valence-electron chi connectivity index (χ4n) is 2.61. The Hall–Kier alpha value is -2.22. The van der Waals surface area contributed by atoms with Gasteiger partial charge in [0.25, 0.3) is 0 Å². The van der Waals surface area contributed by atoms with Gasteiger partial charge < -0.3 is 10.6 Å². The second-order valence-corrected chi connectivity index (χ2v) is 8.43. The van der Waals surface area contributed by atoms with Gasteiger partial charge in [0, 0.05) is 28.2 Å². The third kappa shape index (κ3) is 5.89. The standard InChI is InChI=1S/C20H17BrClN3O2S/c1-12(26)23-17-6-5-14(21)9-18(17)25-19(27)10-16-11-28-20(24-16)8-13-3-2-4-15(22)7-13/h2-7,9,11H,8,10H2,1H3,(H,23,26)(H,25,27). The van der Waals surface area contributed by atoms with E-state index < -0.39 is 0 Å². The number of benzene rings is 2. The first-order valence-corrected chi connectivity index (χ1v) is 10.5. The molecule has 2 N–H and O–H groups in total. The van der Waals surface area contributed by atoms with Crippen molar-refractivity contribution in [3.05, 3.63) is 73.6 Å². The van der Waals surface area contributed by atoms with Crippen molar-refractivity contribution in [1.82, 2.24) is 4.98 Å². The summed E-state index contributed by atoms with van der Waals surface area (Å²) in [5.74, 6) is -0.410. The molecule has 8 heteroatoms. The number of nitrogens with zero attached hydrogens (tertiary/aromatic N) is 1. The summed E-state index contributed by atoms with van der Waals surface area (Å²) in [5.41, 5.74) is 2.86. The van der Waals surface area contributed by atoms with Crippen LogP contribution >= 0.6 is 38.9 Å². The van der Waals surface area contributed by atoms with Gasteiger partial charge in [-0.25, -0.2) is 4.98 Å². The average molecular weight is 479 g/mol. The number of anilines is 2. The monoisotopic (exact) mass is 477 g/mol. The van der Waals surface area contributed by atoms with Crippen molar-refractivity contribution in [2.75, 3.05) is 10.6 Å². The minimum Gasteiger partial charge on any atom is -0.325 e. The van der Waals surface area contributed by atoms with Crippen LogP contribution < -0.4 is 10.6 Å². The van der Waals surface area contributed by atoms with Crippen LogP contribution in [0.15, 0.2) is 52.3 Å². The summed E-state index contributed by atoms with van der Waals surface area (Å²) in [6.45, 7) is 1.42. The van der Waals surface area contributed by atoms with Crippen LogP contribution in [0, 0.1) is 0 Å². The minimum absolute atomic E-state index is 0.151. The van der Waals surface area contributed by atoms with Crippen LogP contribution in [0.25, 0.3) is 0 Å². The Labute approximate surface area is 180 Å². The molecule has 1 aromatic heterocycles. The molecule has 0 saturated heterocycles. The maximum absolute atomic E-state index is 12.5. The van der Waals surface area contributed by atoms with Gasteiger partial charge in [0.2, 0.25) is 11.8 Å². The highest BCUT2D eigenvalue weighted by atomic mass is 79.9. The summed E-state index contributed by atoms with van der Waals surface area (Å²) in [6.07, 6.45) is 0.823. The van der Waals surface area contributed by atoms with Crippen LogP contribution in [0.4, 0.5) is 11.4 Å². The summed E-state index contributed by atoms with van der Waals surface area (Å²) < 4.78 is 0.800. The molecular weight excluding hydrogens is 462 g/mol. The smallest absolute Gasteiger partial charge is 0.230 e. The van der Waals surface area contributed by atoms with E-state index in [4.69, 9.17) is 11.6 Å². The molecule has 0 aliphatic carbocycles. The molecular formula is C20H17BrClN3O2S. The van der Waals surface area contributed by atoms with E-state index in [1.807, 2.05) is 29.6 Å². The van der Waals surface area contributed by atoms with Gasteiger partial charge in [-0.3, -0.25) is 9.59 Å². The normalized spacial score (nSPS) is 10.5. The number of thiazole rings is 1. The quantitative estimate of drug-likeness (QED) is 0.506.